The molecule has 0 spiro atoms. The highest BCUT2D eigenvalue weighted by molar-refractivity contribution is 6.16. The molecule has 1 aromatic heterocycles. The summed E-state index contributed by atoms with van der Waals surface area (Å²) >= 11 is 0. The second-order valence-electron chi connectivity index (χ2n) is 8.87. The van der Waals surface area contributed by atoms with Gasteiger partial charge in [-0.25, -0.2) is 0 Å². The highest BCUT2D eigenvalue weighted by atomic mass is 14.6. The maximum absolute atomic E-state index is 4.14. The fourth-order valence-corrected chi connectivity index (χ4v) is 5.26. The maximum atomic E-state index is 4.14. The summed E-state index contributed by atoms with van der Waals surface area (Å²) in [6, 6.07) is 41.8. The summed E-state index contributed by atoms with van der Waals surface area (Å²) in [6.45, 7) is 0. The smallest absolute Gasteiger partial charge is 0.0273 e. The number of pyridine rings is 1. The number of hydrogen-bond donors (Lipinski definition) is 0. The van der Waals surface area contributed by atoms with Gasteiger partial charge in [0.2, 0.25) is 0 Å². The molecule has 6 aromatic rings. The van der Waals surface area contributed by atoms with Gasteiger partial charge in [0.15, 0.2) is 0 Å². The molecule has 1 heterocycles. The minimum absolute atomic E-state index is 1.18. The van der Waals surface area contributed by atoms with Gasteiger partial charge in [0, 0.05) is 12.4 Å². The summed E-state index contributed by atoms with van der Waals surface area (Å²) in [4.78, 5) is 4.14. The van der Waals surface area contributed by atoms with Crippen molar-refractivity contribution in [1.82, 2.24) is 4.98 Å². The molecular formula is C33H21N. The molecule has 158 valence electrons. The molecule has 0 unspecified atom stereocenters. The number of rotatable bonds is 3. The van der Waals surface area contributed by atoms with E-state index in [9.17, 15) is 0 Å². The van der Waals surface area contributed by atoms with E-state index in [1.807, 2.05) is 12.4 Å². The molecule has 0 saturated carbocycles. The van der Waals surface area contributed by atoms with Gasteiger partial charge in [-0.3, -0.25) is 4.98 Å². The number of fused-ring (bicyclic) bond motifs is 3. The third-order valence-electron chi connectivity index (χ3n) is 6.91. The minimum Gasteiger partial charge on any atom is -0.265 e. The molecule has 1 aliphatic carbocycles. The third-order valence-corrected chi connectivity index (χ3v) is 6.91. The fraction of sp³-hybridized carbons (Fsp3) is 0. The predicted octanol–water partition coefficient (Wildman–Crippen LogP) is 8.88. The average Bonchev–Trinajstić information content (AvgIpc) is 3.24. The van der Waals surface area contributed by atoms with Gasteiger partial charge in [-0.1, -0.05) is 84.9 Å². The number of benzene rings is 5. The van der Waals surface area contributed by atoms with Crippen LogP contribution in [0.3, 0.4) is 0 Å². The molecule has 1 aliphatic rings. The van der Waals surface area contributed by atoms with Crippen molar-refractivity contribution in [3.8, 4) is 55.6 Å². The number of nitrogens with zero attached hydrogens (tertiary/aromatic N) is 1. The van der Waals surface area contributed by atoms with Gasteiger partial charge >= 0.3 is 0 Å². The zero-order valence-electron chi connectivity index (χ0n) is 18.6. The van der Waals surface area contributed by atoms with Crippen LogP contribution < -0.4 is 0 Å². The Labute approximate surface area is 199 Å². The van der Waals surface area contributed by atoms with Gasteiger partial charge in [0.25, 0.3) is 0 Å². The van der Waals surface area contributed by atoms with Crippen LogP contribution in [0, 0.1) is 0 Å². The summed E-state index contributed by atoms with van der Waals surface area (Å²) in [5.74, 6) is 0. The molecule has 7 rings (SSSR count). The molecule has 0 amide bonds. The van der Waals surface area contributed by atoms with E-state index < -0.39 is 0 Å². The second-order valence-corrected chi connectivity index (χ2v) is 8.87. The van der Waals surface area contributed by atoms with Crippen molar-refractivity contribution in [3.63, 3.8) is 0 Å². The van der Waals surface area contributed by atoms with Crippen LogP contribution in [0.4, 0.5) is 0 Å². The summed E-state index contributed by atoms with van der Waals surface area (Å²) < 4.78 is 0. The molecule has 5 aromatic carbocycles. The van der Waals surface area contributed by atoms with E-state index >= 15 is 0 Å². The van der Waals surface area contributed by atoms with Crippen molar-refractivity contribution in [3.05, 3.63) is 128 Å². The van der Waals surface area contributed by atoms with Crippen molar-refractivity contribution in [2.45, 2.75) is 0 Å². The summed E-state index contributed by atoms with van der Waals surface area (Å²) in [5.41, 5.74) is 12.7. The first kappa shape index (κ1) is 19.0. The molecule has 1 nitrogen and oxygen atoms in total. The van der Waals surface area contributed by atoms with Gasteiger partial charge in [-0.15, -0.1) is 0 Å². The van der Waals surface area contributed by atoms with E-state index in [0.29, 0.717) is 0 Å². The van der Waals surface area contributed by atoms with E-state index in [-0.39, 0.29) is 0 Å². The molecule has 0 fully saturated rings. The summed E-state index contributed by atoms with van der Waals surface area (Å²) in [5, 5.41) is 2.67. The minimum atomic E-state index is 1.18. The van der Waals surface area contributed by atoms with Crippen molar-refractivity contribution in [1.29, 1.82) is 0 Å². The number of aromatic nitrogens is 1. The van der Waals surface area contributed by atoms with Crippen LogP contribution >= 0.6 is 0 Å². The van der Waals surface area contributed by atoms with Crippen LogP contribution in [0.25, 0.3) is 66.4 Å². The zero-order chi connectivity index (χ0) is 22.5. The molecular weight excluding hydrogens is 410 g/mol. The lowest BCUT2D eigenvalue weighted by Gasteiger charge is -2.10. The standard InChI is InChI=1S/C33H21N/c1-2-9-30-29(8-1)31-10-4-7-27-20-28(21-32(30)33(27)31)23-13-11-22(12-14-23)25-5-3-6-26(19-25)24-15-17-34-18-16-24/h1-21H. The first-order chi connectivity index (χ1) is 16.8. The Kier molecular flexibility index (Phi) is 4.22. The van der Waals surface area contributed by atoms with E-state index in [1.165, 1.54) is 66.4 Å². The molecule has 0 saturated heterocycles. The largest absolute Gasteiger partial charge is 0.265 e. The lowest BCUT2D eigenvalue weighted by atomic mass is 9.94. The third kappa shape index (κ3) is 2.98. The van der Waals surface area contributed by atoms with Crippen LogP contribution in [-0.2, 0) is 0 Å². The van der Waals surface area contributed by atoms with Crippen LogP contribution in [0.2, 0.25) is 0 Å². The predicted molar refractivity (Wildman–Crippen MR) is 142 cm³/mol. The molecule has 0 bridgehead atoms. The lowest BCUT2D eigenvalue weighted by Crippen LogP contribution is -1.84. The first-order valence-electron chi connectivity index (χ1n) is 11.6. The Balaban J connectivity index is 1.29. The zero-order valence-corrected chi connectivity index (χ0v) is 18.6. The topological polar surface area (TPSA) is 12.9 Å². The van der Waals surface area contributed by atoms with E-state index in [4.69, 9.17) is 0 Å². The number of hydrogen-bond acceptors (Lipinski definition) is 1. The van der Waals surface area contributed by atoms with Gasteiger partial charge in [0.05, 0.1) is 0 Å². The molecule has 1 heteroatoms. The van der Waals surface area contributed by atoms with Crippen LogP contribution in [0.1, 0.15) is 0 Å². The monoisotopic (exact) mass is 431 g/mol. The summed E-state index contributed by atoms with van der Waals surface area (Å²) in [7, 11) is 0. The van der Waals surface area contributed by atoms with Gasteiger partial charge in [-0.2, -0.15) is 0 Å². The molecule has 34 heavy (non-hydrogen) atoms. The average molecular weight is 432 g/mol. The van der Waals surface area contributed by atoms with Crippen molar-refractivity contribution >= 4 is 10.8 Å². The quantitative estimate of drug-likeness (QED) is 0.272. The first-order valence-corrected chi connectivity index (χ1v) is 11.6. The highest BCUT2D eigenvalue weighted by Gasteiger charge is 2.21. The van der Waals surface area contributed by atoms with E-state index in [2.05, 4.69) is 120 Å². The van der Waals surface area contributed by atoms with Gasteiger partial charge in [0.1, 0.15) is 0 Å². The Morgan fingerprint density at radius 2 is 0.941 bits per heavy atom. The van der Waals surface area contributed by atoms with Crippen molar-refractivity contribution < 1.29 is 0 Å². The molecule has 0 radical (unpaired) electrons. The Morgan fingerprint density at radius 1 is 0.353 bits per heavy atom. The highest BCUT2D eigenvalue weighted by Crippen LogP contribution is 2.48. The van der Waals surface area contributed by atoms with Crippen LogP contribution in [0.15, 0.2) is 128 Å². The normalized spacial score (nSPS) is 11.5. The van der Waals surface area contributed by atoms with Crippen LogP contribution in [0.5, 0.6) is 0 Å². The fourth-order valence-electron chi connectivity index (χ4n) is 5.26. The Hall–Kier alpha value is -4.49. The SMILES string of the molecule is c1cc(-c2ccncc2)cc(-c2ccc(-c3cc4c5c(cccc5c3)-c3ccccc3-4)cc2)c1. The summed E-state index contributed by atoms with van der Waals surface area (Å²) in [6.07, 6.45) is 3.68. The van der Waals surface area contributed by atoms with Crippen LogP contribution in [-0.4, -0.2) is 4.98 Å². The van der Waals surface area contributed by atoms with Gasteiger partial charge in [-0.05, 0) is 96.7 Å². The van der Waals surface area contributed by atoms with E-state index in [0.717, 1.165) is 0 Å². The van der Waals surface area contributed by atoms with E-state index in [1.54, 1.807) is 0 Å². The van der Waals surface area contributed by atoms with Crippen molar-refractivity contribution in [2.24, 2.45) is 0 Å². The maximum Gasteiger partial charge on any atom is 0.0273 e. The molecule has 0 N–H and O–H groups in total. The molecule has 0 aliphatic heterocycles. The van der Waals surface area contributed by atoms with Crippen molar-refractivity contribution in [2.75, 3.05) is 0 Å². The second kappa shape index (κ2) is 7.54. The van der Waals surface area contributed by atoms with Gasteiger partial charge < -0.3 is 0 Å². The Bertz CT molecular complexity index is 1680. The Morgan fingerprint density at radius 3 is 1.68 bits per heavy atom. The molecule has 0 atom stereocenters. The lowest BCUT2D eigenvalue weighted by molar-refractivity contribution is 1.33.